The van der Waals surface area contributed by atoms with E-state index in [1.807, 2.05) is 6.92 Å². The SMILES string of the molecule is CCn1ncc2c1ncc1c(NC)nc3c(C(=O)O)cnn3c12. The highest BCUT2D eigenvalue weighted by molar-refractivity contribution is 6.08. The molecule has 4 rings (SSSR count). The minimum absolute atomic E-state index is 0.0521. The zero-order valence-electron chi connectivity index (χ0n) is 12.5. The summed E-state index contributed by atoms with van der Waals surface area (Å²) in [5.41, 5.74) is 1.79. The number of nitrogens with zero attached hydrogens (tertiary/aromatic N) is 6. The van der Waals surface area contributed by atoms with Gasteiger partial charge in [-0.1, -0.05) is 0 Å². The Morgan fingerprint density at radius 3 is 2.74 bits per heavy atom. The Hall–Kier alpha value is -3.23. The van der Waals surface area contributed by atoms with Crippen LogP contribution in [0.5, 0.6) is 0 Å². The van der Waals surface area contributed by atoms with Crippen molar-refractivity contribution in [3.8, 4) is 0 Å². The van der Waals surface area contributed by atoms with Gasteiger partial charge in [-0.25, -0.2) is 24.0 Å². The van der Waals surface area contributed by atoms with Crippen LogP contribution in [0.15, 0.2) is 18.6 Å². The van der Waals surface area contributed by atoms with Crippen molar-refractivity contribution in [1.29, 1.82) is 0 Å². The summed E-state index contributed by atoms with van der Waals surface area (Å²) in [5.74, 6) is -0.516. The first-order chi connectivity index (χ1) is 11.2. The molecule has 2 N–H and O–H groups in total. The number of carbonyl (C=O) groups is 1. The Labute approximate surface area is 129 Å². The van der Waals surface area contributed by atoms with Gasteiger partial charge >= 0.3 is 5.97 Å². The topological polar surface area (TPSA) is 110 Å². The van der Waals surface area contributed by atoms with Gasteiger partial charge in [0.15, 0.2) is 11.3 Å². The lowest BCUT2D eigenvalue weighted by molar-refractivity contribution is 0.0699. The van der Waals surface area contributed by atoms with Crippen LogP contribution in [-0.2, 0) is 6.54 Å². The molecule has 116 valence electrons. The molecule has 4 aromatic rings. The largest absolute Gasteiger partial charge is 0.477 e. The number of carboxylic acids is 1. The van der Waals surface area contributed by atoms with E-state index in [0.29, 0.717) is 12.4 Å². The first-order valence-electron chi connectivity index (χ1n) is 7.08. The van der Waals surface area contributed by atoms with E-state index < -0.39 is 5.97 Å². The molecule has 0 radical (unpaired) electrons. The second kappa shape index (κ2) is 4.63. The van der Waals surface area contributed by atoms with E-state index >= 15 is 0 Å². The summed E-state index contributed by atoms with van der Waals surface area (Å²) in [4.78, 5) is 20.2. The van der Waals surface area contributed by atoms with Gasteiger partial charge in [0, 0.05) is 19.8 Å². The van der Waals surface area contributed by atoms with Crippen LogP contribution in [-0.4, -0.2) is 47.5 Å². The molecule has 0 unspecified atom stereocenters. The summed E-state index contributed by atoms with van der Waals surface area (Å²) in [6.07, 6.45) is 4.72. The van der Waals surface area contributed by atoms with Gasteiger partial charge in [-0.3, -0.25) is 0 Å². The molecule has 23 heavy (non-hydrogen) atoms. The molecule has 9 heteroatoms. The van der Waals surface area contributed by atoms with Crippen molar-refractivity contribution in [3.05, 3.63) is 24.2 Å². The molecular weight excluding hydrogens is 298 g/mol. The van der Waals surface area contributed by atoms with E-state index in [0.717, 1.165) is 21.9 Å². The third kappa shape index (κ3) is 1.70. The van der Waals surface area contributed by atoms with Gasteiger partial charge in [0.2, 0.25) is 0 Å². The fraction of sp³-hybridized carbons (Fsp3) is 0.214. The molecule has 0 saturated carbocycles. The van der Waals surface area contributed by atoms with Crippen molar-refractivity contribution in [2.45, 2.75) is 13.5 Å². The molecule has 0 atom stereocenters. The van der Waals surface area contributed by atoms with E-state index in [9.17, 15) is 9.90 Å². The number of aryl methyl sites for hydroxylation is 1. The number of fused-ring (bicyclic) bond motifs is 5. The lowest BCUT2D eigenvalue weighted by Gasteiger charge is -2.08. The van der Waals surface area contributed by atoms with Gasteiger partial charge in [-0.05, 0) is 6.92 Å². The van der Waals surface area contributed by atoms with Gasteiger partial charge in [-0.15, -0.1) is 0 Å². The Kier molecular flexibility index (Phi) is 2.71. The van der Waals surface area contributed by atoms with E-state index in [1.54, 1.807) is 24.1 Å². The summed E-state index contributed by atoms with van der Waals surface area (Å²) < 4.78 is 3.31. The molecule has 0 aliphatic rings. The van der Waals surface area contributed by atoms with Crippen LogP contribution in [0.3, 0.4) is 0 Å². The fourth-order valence-electron chi connectivity index (χ4n) is 2.77. The number of aromatic nitrogens is 6. The second-order valence-corrected chi connectivity index (χ2v) is 5.03. The van der Waals surface area contributed by atoms with Crippen LogP contribution in [0.25, 0.3) is 27.6 Å². The number of pyridine rings is 1. The standard InChI is InChI=1S/C14H13N7O2/c1-3-20-12-8(5-17-20)10-7(4-16-12)11(15-2)19-13-9(14(22)23)6-18-21(10)13/h4-6H,3H2,1-2H3,(H,15,19)(H,22,23). The average Bonchev–Trinajstić information content (AvgIpc) is 3.16. The molecule has 0 spiro atoms. The van der Waals surface area contributed by atoms with Crippen molar-refractivity contribution in [2.75, 3.05) is 12.4 Å². The Bertz CT molecular complexity index is 1080. The van der Waals surface area contributed by atoms with Crippen molar-refractivity contribution in [2.24, 2.45) is 0 Å². The highest BCUT2D eigenvalue weighted by atomic mass is 16.4. The summed E-state index contributed by atoms with van der Waals surface area (Å²) >= 11 is 0. The van der Waals surface area contributed by atoms with Gasteiger partial charge in [0.05, 0.1) is 28.7 Å². The van der Waals surface area contributed by atoms with Crippen LogP contribution in [0, 0.1) is 0 Å². The fourth-order valence-corrected chi connectivity index (χ4v) is 2.77. The molecule has 0 saturated heterocycles. The number of rotatable bonds is 3. The number of nitrogens with one attached hydrogen (secondary N) is 1. The molecule has 0 bridgehead atoms. The Morgan fingerprint density at radius 2 is 2.04 bits per heavy atom. The maximum atomic E-state index is 11.4. The van der Waals surface area contributed by atoms with E-state index in [1.165, 1.54) is 10.7 Å². The number of hydrogen-bond donors (Lipinski definition) is 2. The monoisotopic (exact) mass is 311 g/mol. The van der Waals surface area contributed by atoms with E-state index in [2.05, 4.69) is 25.5 Å². The molecule has 0 aliphatic carbocycles. The molecular formula is C14H13N7O2. The van der Waals surface area contributed by atoms with Gasteiger partial charge in [0.25, 0.3) is 0 Å². The molecule has 4 heterocycles. The van der Waals surface area contributed by atoms with Crippen LogP contribution >= 0.6 is 0 Å². The Morgan fingerprint density at radius 1 is 1.22 bits per heavy atom. The molecule has 0 aliphatic heterocycles. The second-order valence-electron chi connectivity index (χ2n) is 5.03. The maximum Gasteiger partial charge on any atom is 0.341 e. The highest BCUT2D eigenvalue weighted by Crippen LogP contribution is 2.29. The number of carboxylic acid groups (broad SMARTS) is 1. The minimum atomic E-state index is -1.07. The lowest BCUT2D eigenvalue weighted by Crippen LogP contribution is -2.04. The zero-order chi connectivity index (χ0) is 16.1. The van der Waals surface area contributed by atoms with Crippen LogP contribution in [0.2, 0.25) is 0 Å². The lowest BCUT2D eigenvalue weighted by atomic mass is 10.2. The molecule has 0 fully saturated rings. The summed E-state index contributed by atoms with van der Waals surface area (Å²) in [7, 11) is 1.73. The molecule has 0 aromatic carbocycles. The average molecular weight is 311 g/mol. The van der Waals surface area contributed by atoms with Gasteiger partial charge < -0.3 is 10.4 Å². The third-order valence-electron chi connectivity index (χ3n) is 3.83. The molecule has 0 amide bonds. The van der Waals surface area contributed by atoms with Crippen molar-refractivity contribution >= 4 is 39.4 Å². The van der Waals surface area contributed by atoms with Crippen molar-refractivity contribution in [3.63, 3.8) is 0 Å². The Balaban J connectivity index is 2.26. The van der Waals surface area contributed by atoms with Crippen molar-refractivity contribution in [1.82, 2.24) is 29.4 Å². The third-order valence-corrected chi connectivity index (χ3v) is 3.83. The normalized spacial score (nSPS) is 11.6. The number of anilines is 1. The van der Waals surface area contributed by atoms with Crippen LogP contribution in [0.4, 0.5) is 5.82 Å². The quantitative estimate of drug-likeness (QED) is 0.588. The van der Waals surface area contributed by atoms with Crippen LogP contribution < -0.4 is 5.32 Å². The minimum Gasteiger partial charge on any atom is -0.477 e. The van der Waals surface area contributed by atoms with Gasteiger partial charge in [0.1, 0.15) is 11.4 Å². The summed E-state index contributed by atoms with van der Waals surface area (Å²) in [5, 5.41) is 22.4. The predicted octanol–water partition coefficient (Wildman–Crippen LogP) is 1.39. The predicted molar refractivity (Wildman–Crippen MR) is 83.8 cm³/mol. The maximum absolute atomic E-state index is 11.4. The van der Waals surface area contributed by atoms with E-state index in [4.69, 9.17) is 0 Å². The summed E-state index contributed by atoms with van der Waals surface area (Å²) in [6, 6.07) is 0. The van der Waals surface area contributed by atoms with Crippen molar-refractivity contribution < 1.29 is 9.90 Å². The first kappa shape index (κ1) is 13.4. The van der Waals surface area contributed by atoms with E-state index in [-0.39, 0.29) is 11.2 Å². The zero-order valence-corrected chi connectivity index (χ0v) is 12.5. The van der Waals surface area contributed by atoms with Gasteiger partial charge in [-0.2, -0.15) is 10.2 Å². The van der Waals surface area contributed by atoms with Crippen LogP contribution in [0.1, 0.15) is 17.3 Å². The smallest absolute Gasteiger partial charge is 0.341 e. The highest BCUT2D eigenvalue weighted by Gasteiger charge is 2.19. The first-order valence-corrected chi connectivity index (χ1v) is 7.08. The number of aromatic carboxylic acids is 1. The summed E-state index contributed by atoms with van der Waals surface area (Å²) in [6.45, 7) is 2.67. The molecule has 4 aromatic heterocycles. The number of hydrogen-bond acceptors (Lipinski definition) is 6. The molecule has 9 nitrogen and oxygen atoms in total.